The molecule has 1 atom stereocenters. The summed E-state index contributed by atoms with van der Waals surface area (Å²) in [5.41, 5.74) is 3.03. The van der Waals surface area contributed by atoms with Gasteiger partial charge in [-0.1, -0.05) is 11.6 Å². The summed E-state index contributed by atoms with van der Waals surface area (Å²) in [6.45, 7) is 4.93. The minimum atomic E-state index is 0.0569. The second-order valence-electron chi connectivity index (χ2n) is 4.58. The van der Waals surface area contributed by atoms with Gasteiger partial charge in [0.1, 0.15) is 0 Å². The zero-order chi connectivity index (χ0) is 14.7. The fraction of sp³-hybridized carbons (Fsp3) is 0.429. The smallest absolute Gasteiger partial charge is 0.0762 e. The van der Waals surface area contributed by atoms with Crippen LogP contribution in [0.4, 0.5) is 0 Å². The van der Waals surface area contributed by atoms with Crippen molar-refractivity contribution < 1.29 is 0 Å². The normalized spacial score (nSPS) is 12.7. The van der Waals surface area contributed by atoms with Crippen molar-refractivity contribution in [3.05, 3.63) is 44.9 Å². The van der Waals surface area contributed by atoms with Crippen molar-refractivity contribution in [1.29, 1.82) is 0 Å². The van der Waals surface area contributed by atoms with Gasteiger partial charge in [0.05, 0.1) is 32.6 Å². The van der Waals surface area contributed by atoms with Crippen LogP contribution in [0.5, 0.6) is 0 Å². The van der Waals surface area contributed by atoms with Crippen molar-refractivity contribution in [2.45, 2.75) is 32.9 Å². The molecule has 1 unspecified atom stereocenters. The molecule has 4 nitrogen and oxygen atoms in total. The second-order valence-corrected chi connectivity index (χ2v) is 5.78. The van der Waals surface area contributed by atoms with Gasteiger partial charge in [-0.05, 0) is 49.0 Å². The van der Waals surface area contributed by atoms with E-state index in [0.29, 0.717) is 5.02 Å². The van der Waals surface area contributed by atoms with E-state index in [1.165, 1.54) is 0 Å². The second kappa shape index (κ2) is 6.70. The van der Waals surface area contributed by atoms with E-state index in [2.05, 4.69) is 38.3 Å². The lowest BCUT2D eigenvalue weighted by Crippen LogP contribution is -2.22. The first-order valence-electron chi connectivity index (χ1n) is 6.57. The van der Waals surface area contributed by atoms with Crippen molar-refractivity contribution >= 4 is 27.5 Å². The minimum absolute atomic E-state index is 0.0569. The number of rotatable bonds is 5. The lowest BCUT2D eigenvalue weighted by Gasteiger charge is -2.17. The standard InChI is InChI=1S/C14H18BrClN4/c1-4-20-12(13(15)9(2)19-20)8-11(17-3)14-10(16)6-5-7-18-14/h5-7,11,17H,4,8H2,1-3H3. The van der Waals surface area contributed by atoms with Crippen LogP contribution in [0.25, 0.3) is 0 Å². The summed E-state index contributed by atoms with van der Waals surface area (Å²) in [5, 5.41) is 8.49. The molecule has 1 N–H and O–H groups in total. The Balaban J connectivity index is 2.34. The predicted molar refractivity (Wildman–Crippen MR) is 85.1 cm³/mol. The van der Waals surface area contributed by atoms with E-state index in [-0.39, 0.29) is 6.04 Å². The number of likely N-dealkylation sites (N-methyl/N-ethyl adjacent to an activating group) is 1. The molecule has 0 bridgehead atoms. The number of aryl methyl sites for hydroxylation is 2. The Kier molecular flexibility index (Phi) is 5.18. The SMILES string of the molecule is CCn1nc(C)c(Br)c1CC(NC)c1ncccc1Cl. The third-order valence-corrected chi connectivity index (χ3v) is 4.67. The summed E-state index contributed by atoms with van der Waals surface area (Å²) in [6, 6.07) is 3.77. The van der Waals surface area contributed by atoms with Gasteiger partial charge < -0.3 is 5.32 Å². The van der Waals surface area contributed by atoms with Crippen LogP contribution in [-0.2, 0) is 13.0 Å². The number of pyridine rings is 1. The molecule has 2 aromatic rings. The maximum absolute atomic E-state index is 6.25. The van der Waals surface area contributed by atoms with Crippen molar-refractivity contribution in [3.63, 3.8) is 0 Å². The van der Waals surface area contributed by atoms with E-state index in [1.54, 1.807) is 6.20 Å². The molecule has 2 heterocycles. The van der Waals surface area contributed by atoms with Gasteiger partial charge >= 0.3 is 0 Å². The van der Waals surface area contributed by atoms with Gasteiger partial charge in [-0.15, -0.1) is 0 Å². The van der Waals surface area contributed by atoms with Crippen LogP contribution >= 0.6 is 27.5 Å². The fourth-order valence-electron chi connectivity index (χ4n) is 2.25. The first-order chi connectivity index (χ1) is 9.58. The quantitative estimate of drug-likeness (QED) is 0.890. The highest BCUT2D eigenvalue weighted by Crippen LogP contribution is 2.28. The molecule has 0 saturated carbocycles. The maximum atomic E-state index is 6.25. The molecule has 6 heteroatoms. The molecule has 0 spiro atoms. The zero-order valence-electron chi connectivity index (χ0n) is 11.8. The Morgan fingerprint density at radius 3 is 2.85 bits per heavy atom. The summed E-state index contributed by atoms with van der Waals surface area (Å²) in [5.74, 6) is 0. The number of aromatic nitrogens is 3. The molecule has 108 valence electrons. The van der Waals surface area contributed by atoms with Crippen molar-refractivity contribution in [3.8, 4) is 0 Å². The average molecular weight is 358 g/mol. The lowest BCUT2D eigenvalue weighted by molar-refractivity contribution is 0.531. The molecule has 0 radical (unpaired) electrons. The Labute approximate surface area is 132 Å². The van der Waals surface area contributed by atoms with E-state index in [9.17, 15) is 0 Å². The van der Waals surface area contributed by atoms with E-state index in [1.807, 2.05) is 30.8 Å². The first-order valence-corrected chi connectivity index (χ1v) is 7.75. The van der Waals surface area contributed by atoms with E-state index in [0.717, 1.165) is 34.5 Å². The summed E-state index contributed by atoms with van der Waals surface area (Å²) < 4.78 is 3.08. The molecule has 0 amide bonds. The highest BCUT2D eigenvalue weighted by molar-refractivity contribution is 9.10. The van der Waals surface area contributed by atoms with Gasteiger partial charge in [0, 0.05) is 19.2 Å². The van der Waals surface area contributed by atoms with Gasteiger partial charge in [0.15, 0.2) is 0 Å². The molecular formula is C14H18BrClN4. The molecule has 0 saturated heterocycles. The van der Waals surface area contributed by atoms with Crippen molar-refractivity contribution in [2.75, 3.05) is 7.05 Å². The number of hydrogen-bond donors (Lipinski definition) is 1. The molecule has 0 aliphatic carbocycles. The van der Waals surface area contributed by atoms with Crippen LogP contribution in [0.15, 0.2) is 22.8 Å². The van der Waals surface area contributed by atoms with Gasteiger partial charge in [0.2, 0.25) is 0 Å². The van der Waals surface area contributed by atoms with E-state index in [4.69, 9.17) is 11.6 Å². The highest BCUT2D eigenvalue weighted by atomic mass is 79.9. The van der Waals surface area contributed by atoms with Crippen molar-refractivity contribution in [2.24, 2.45) is 0 Å². The van der Waals surface area contributed by atoms with Crippen LogP contribution < -0.4 is 5.32 Å². The summed E-state index contributed by atoms with van der Waals surface area (Å²) in [6.07, 6.45) is 2.55. The summed E-state index contributed by atoms with van der Waals surface area (Å²) >= 11 is 9.87. The minimum Gasteiger partial charge on any atom is -0.311 e. The third-order valence-electron chi connectivity index (χ3n) is 3.32. The molecule has 2 aromatic heterocycles. The number of halogens is 2. The Bertz CT molecular complexity index is 597. The fourth-order valence-corrected chi connectivity index (χ4v) is 2.95. The van der Waals surface area contributed by atoms with Crippen molar-refractivity contribution in [1.82, 2.24) is 20.1 Å². The van der Waals surface area contributed by atoms with Crippen LogP contribution in [-0.4, -0.2) is 21.8 Å². The monoisotopic (exact) mass is 356 g/mol. The number of nitrogens with zero attached hydrogens (tertiary/aromatic N) is 3. The summed E-state index contributed by atoms with van der Waals surface area (Å²) in [7, 11) is 1.92. The molecule has 0 fully saturated rings. The Morgan fingerprint density at radius 1 is 1.50 bits per heavy atom. The highest BCUT2D eigenvalue weighted by Gasteiger charge is 2.20. The van der Waals surface area contributed by atoms with Crippen LogP contribution in [0.1, 0.15) is 30.0 Å². The van der Waals surface area contributed by atoms with Gasteiger partial charge in [0.25, 0.3) is 0 Å². The van der Waals surface area contributed by atoms with Gasteiger partial charge in [-0.2, -0.15) is 5.10 Å². The Morgan fingerprint density at radius 2 is 2.25 bits per heavy atom. The average Bonchev–Trinajstić information content (AvgIpc) is 2.73. The van der Waals surface area contributed by atoms with Crippen LogP contribution in [0.2, 0.25) is 5.02 Å². The maximum Gasteiger partial charge on any atom is 0.0762 e. The molecule has 20 heavy (non-hydrogen) atoms. The summed E-state index contributed by atoms with van der Waals surface area (Å²) in [4.78, 5) is 4.40. The van der Waals surface area contributed by atoms with Gasteiger partial charge in [-0.3, -0.25) is 9.67 Å². The molecular weight excluding hydrogens is 340 g/mol. The van der Waals surface area contributed by atoms with Crippen LogP contribution in [0.3, 0.4) is 0 Å². The number of nitrogens with one attached hydrogen (secondary N) is 1. The lowest BCUT2D eigenvalue weighted by atomic mass is 10.1. The molecule has 2 rings (SSSR count). The number of hydrogen-bond acceptors (Lipinski definition) is 3. The van der Waals surface area contributed by atoms with Crippen LogP contribution in [0, 0.1) is 6.92 Å². The predicted octanol–water partition coefficient (Wildman–Crippen LogP) is 3.53. The third kappa shape index (κ3) is 3.05. The molecule has 0 aliphatic rings. The largest absolute Gasteiger partial charge is 0.311 e. The molecule has 0 aromatic carbocycles. The van der Waals surface area contributed by atoms with E-state index >= 15 is 0 Å². The Hall–Kier alpha value is -0.910. The first kappa shape index (κ1) is 15.5. The van der Waals surface area contributed by atoms with E-state index < -0.39 is 0 Å². The topological polar surface area (TPSA) is 42.7 Å². The molecule has 0 aliphatic heterocycles. The zero-order valence-corrected chi connectivity index (χ0v) is 14.2. The van der Waals surface area contributed by atoms with Gasteiger partial charge in [-0.25, -0.2) is 0 Å².